The van der Waals surface area contributed by atoms with Gasteiger partial charge in [-0.25, -0.2) is 0 Å². The van der Waals surface area contributed by atoms with Crippen molar-refractivity contribution in [1.29, 1.82) is 0 Å². The van der Waals surface area contributed by atoms with E-state index >= 15 is 0 Å². The summed E-state index contributed by atoms with van der Waals surface area (Å²) >= 11 is 1.80. The van der Waals surface area contributed by atoms with Gasteiger partial charge in [0.05, 0.1) is 11.2 Å². The molecule has 3 rings (SSSR count). The van der Waals surface area contributed by atoms with Crippen molar-refractivity contribution in [2.45, 2.75) is 71.0 Å². The van der Waals surface area contributed by atoms with Gasteiger partial charge in [-0.15, -0.1) is 11.8 Å². The van der Waals surface area contributed by atoms with Crippen molar-refractivity contribution < 1.29 is 9.31 Å². The molecule has 0 atom stereocenters. The molecule has 2 aromatic carbocycles. The molecule has 0 aromatic heterocycles. The van der Waals surface area contributed by atoms with Crippen LogP contribution in [0.2, 0.25) is 0 Å². The van der Waals surface area contributed by atoms with E-state index in [0.717, 1.165) is 11.9 Å². The van der Waals surface area contributed by atoms with Crippen molar-refractivity contribution in [3.05, 3.63) is 35.9 Å². The highest BCUT2D eigenvalue weighted by atomic mass is 32.2. The van der Waals surface area contributed by atoms with Gasteiger partial charge < -0.3 is 9.31 Å². The minimum absolute atomic E-state index is 0.210. The topological polar surface area (TPSA) is 18.5 Å². The van der Waals surface area contributed by atoms with Gasteiger partial charge >= 0.3 is 7.12 Å². The van der Waals surface area contributed by atoms with Crippen LogP contribution in [-0.2, 0) is 15.7 Å². The van der Waals surface area contributed by atoms with Gasteiger partial charge in [-0.3, -0.25) is 0 Å². The van der Waals surface area contributed by atoms with Crippen molar-refractivity contribution in [3.63, 3.8) is 0 Å². The molecular formula is C22H31BO2S. The van der Waals surface area contributed by atoms with Crippen molar-refractivity contribution in [1.82, 2.24) is 0 Å². The van der Waals surface area contributed by atoms with Crippen LogP contribution in [0.5, 0.6) is 0 Å². The van der Waals surface area contributed by atoms with Gasteiger partial charge in [0.1, 0.15) is 0 Å². The molecule has 0 radical (unpaired) electrons. The Morgan fingerprint density at radius 1 is 1.00 bits per heavy atom. The van der Waals surface area contributed by atoms with Gasteiger partial charge in [0.2, 0.25) is 0 Å². The second-order valence-corrected chi connectivity index (χ2v) is 10.3. The fourth-order valence-corrected chi connectivity index (χ4v) is 4.34. The molecule has 0 N–H and O–H groups in total. The third kappa shape index (κ3) is 3.56. The first kappa shape index (κ1) is 19.8. The van der Waals surface area contributed by atoms with Crippen molar-refractivity contribution in [2.24, 2.45) is 5.41 Å². The Hall–Kier alpha value is -0.965. The van der Waals surface area contributed by atoms with E-state index in [1.165, 1.54) is 21.2 Å². The maximum atomic E-state index is 6.39. The summed E-state index contributed by atoms with van der Waals surface area (Å²) in [5, 5.41) is 2.60. The van der Waals surface area contributed by atoms with Crippen LogP contribution in [0, 0.1) is 5.41 Å². The number of thioether (sulfide) groups is 1. The van der Waals surface area contributed by atoms with Crippen LogP contribution in [0.4, 0.5) is 0 Å². The first-order valence-corrected chi connectivity index (χ1v) is 10.6. The number of fused-ring (bicyclic) bond motifs is 1. The highest BCUT2D eigenvalue weighted by molar-refractivity contribution is 7.98. The molecular weight excluding hydrogens is 339 g/mol. The van der Waals surface area contributed by atoms with E-state index in [2.05, 4.69) is 85.1 Å². The average molecular weight is 370 g/mol. The summed E-state index contributed by atoms with van der Waals surface area (Å²) in [5.41, 5.74) is 2.12. The van der Waals surface area contributed by atoms with Crippen molar-refractivity contribution in [2.75, 3.05) is 6.26 Å². The Bertz CT molecular complexity index is 805. The van der Waals surface area contributed by atoms with Crippen LogP contribution >= 0.6 is 11.8 Å². The SMILES string of the molecule is CSc1c(B2OC(C)(C)C(C)(C)O2)cc2ccccc2c1CC(C)(C)C. The van der Waals surface area contributed by atoms with Crippen LogP contribution in [0.3, 0.4) is 0 Å². The maximum absolute atomic E-state index is 6.39. The molecule has 0 unspecified atom stereocenters. The van der Waals surface area contributed by atoms with Crippen LogP contribution in [0.1, 0.15) is 54.0 Å². The highest BCUT2D eigenvalue weighted by Crippen LogP contribution is 2.39. The first-order chi connectivity index (χ1) is 12.0. The molecule has 4 heteroatoms. The van der Waals surface area contributed by atoms with E-state index in [1.807, 2.05) is 0 Å². The van der Waals surface area contributed by atoms with Gasteiger partial charge in [-0.2, -0.15) is 0 Å². The molecule has 1 aliphatic rings. The molecule has 2 aromatic rings. The maximum Gasteiger partial charge on any atom is 0.496 e. The molecule has 0 aliphatic carbocycles. The van der Waals surface area contributed by atoms with E-state index < -0.39 is 0 Å². The Morgan fingerprint density at radius 3 is 2.12 bits per heavy atom. The second kappa shape index (κ2) is 6.58. The standard InChI is InChI=1S/C22H31BO2S/c1-20(2,3)14-17-16-12-10-9-11-15(16)13-18(19(17)26-8)23-24-21(4,5)22(6,7)25-23/h9-13H,14H2,1-8H3. The summed E-state index contributed by atoms with van der Waals surface area (Å²) < 4.78 is 12.8. The van der Waals surface area contributed by atoms with Gasteiger partial charge in [0, 0.05) is 4.90 Å². The predicted molar refractivity (Wildman–Crippen MR) is 115 cm³/mol. The molecule has 0 amide bonds. The van der Waals surface area contributed by atoms with E-state index in [-0.39, 0.29) is 23.7 Å². The first-order valence-electron chi connectivity index (χ1n) is 9.39. The molecule has 140 valence electrons. The minimum atomic E-state index is -0.330. The lowest BCUT2D eigenvalue weighted by atomic mass is 9.75. The number of benzene rings is 2. The highest BCUT2D eigenvalue weighted by Gasteiger charge is 2.52. The molecule has 1 aliphatic heterocycles. The fourth-order valence-electron chi connectivity index (χ4n) is 3.52. The average Bonchev–Trinajstić information content (AvgIpc) is 2.73. The summed E-state index contributed by atoms with van der Waals surface area (Å²) in [6.45, 7) is 15.4. The summed E-state index contributed by atoms with van der Waals surface area (Å²) in [4.78, 5) is 1.30. The quantitative estimate of drug-likeness (QED) is 0.529. The molecule has 1 heterocycles. The zero-order valence-electron chi connectivity index (χ0n) is 17.4. The molecule has 2 nitrogen and oxygen atoms in total. The number of hydrogen-bond donors (Lipinski definition) is 0. The smallest absolute Gasteiger partial charge is 0.399 e. The molecule has 26 heavy (non-hydrogen) atoms. The van der Waals surface area contributed by atoms with Gasteiger partial charge in [0.15, 0.2) is 0 Å². The summed E-state index contributed by atoms with van der Waals surface area (Å²) in [6, 6.07) is 10.9. The van der Waals surface area contributed by atoms with E-state index in [9.17, 15) is 0 Å². The van der Waals surface area contributed by atoms with Crippen molar-refractivity contribution in [3.8, 4) is 0 Å². The van der Waals surface area contributed by atoms with Gasteiger partial charge in [0.25, 0.3) is 0 Å². The van der Waals surface area contributed by atoms with Crippen LogP contribution < -0.4 is 5.46 Å². The molecule has 1 saturated heterocycles. The van der Waals surface area contributed by atoms with Gasteiger partial charge in [-0.05, 0) is 67.6 Å². The van der Waals surface area contributed by atoms with Crippen LogP contribution in [0.25, 0.3) is 10.8 Å². The normalized spacial score (nSPS) is 19.3. The van der Waals surface area contributed by atoms with Crippen LogP contribution in [-0.4, -0.2) is 24.6 Å². The Labute approximate surface area is 163 Å². The number of rotatable bonds is 3. The van der Waals surface area contributed by atoms with Crippen molar-refractivity contribution >= 4 is 35.1 Å². The molecule has 0 bridgehead atoms. The van der Waals surface area contributed by atoms with Crippen LogP contribution in [0.15, 0.2) is 35.2 Å². The predicted octanol–water partition coefficient (Wildman–Crippen LogP) is 5.45. The number of hydrogen-bond acceptors (Lipinski definition) is 3. The van der Waals surface area contributed by atoms with E-state index in [0.29, 0.717) is 0 Å². The van der Waals surface area contributed by atoms with E-state index in [1.54, 1.807) is 11.8 Å². The summed E-state index contributed by atoms with van der Waals surface area (Å²) in [6.07, 6.45) is 3.18. The lowest BCUT2D eigenvalue weighted by molar-refractivity contribution is 0.00578. The monoisotopic (exact) mass is 370 g/mol. The second-order valence-electron chi connectivity index (χ2n) is 9.52. The Morgan fingerprint density at radius 2 is 1.58 bits per heavy atom. The zero-order valence-corrected chi connectivity index (χ0v) is 18.2. The largest absolute Gasteiger partial charge is 0.496 e. The lowest BCUT2D eigenvalue weighted by Gasteiger charge is -2.32. The Kier molecular flexibility index (Phi) is 5.01. The molecule has 0 spiro atoms. The fraction of sp³-hybridized carbons (Fsp3) is 0.545. The van der Waals surface area contributed by atoms with Gasteiger partial charge in [-0.1, -0.05) is 51.1 Å². The third-order valence-corrected chi connectivity index (χ3v) is 6.44. The third-order valence-electron chi connectivity index (χ3n) is 5.55. The summed E-state index contributed by atoms with van der Waals surface area (Å²) in [5.74, 6) is 0. The zero-order chi connectivity index (χ0) is 19.3. The minimum Gasteiger partial charge on any atom is -0.399 e. The molecule has 1 fully saturated rings. The Balaban J connectivity index is 2.20. The lowest BCUT2D eigenvalue weighted by Crippen LogP contribution is -2.41. The molecule has 0 saturated carbocycles. The summed E-state index contributed by atoms with van der Waals surface area (Å²) in [7, 11) is -0.328. The van der Waals surface area contributed by atoms with E-state index in [4.69, 9.17) is 9.31 Å².